The van der Waals surface area contributed by atoms with Gasteiger partial charge in [0.15, 0.2) is 0 Å². The van der Waals surface area contributed by atoms with E-state index in [2.05, 4.69) is 5.32 Å². The molecule has 0 bridgehead atoms. The first kappa shape index (κ1) is 26.2. The van der Waals surface area contributed by atoms with Crippen LogP contribution in [0.2, 0.25) is 0 Å². The molecule has 1 unspecified atom stereocenters. The Bertz CT molecular complexity index is 1210. The first-order valence-corrected chi connectivity index (χ1v) is 13.5. The number of benzene rings is 1. The normalized spacial score (nSPS) is 23.7. The lowest BCUT2D eigenvalue weighted by Crippen LogP contribution is -2.42. The quantitative estimate of drug-likeness (QED) is 0.472. The molecule has 1 aromatic carbocycles. The zero-order valence-electron chi connectivity index (χ0n) is 20.4. The van der Waals surface area contributed by atoms with Crippen molar-refractivity contribution in [2.45, 2.75) is 49.5 Å². The molecule has 0 aliphatic carbocycles. The highest BCUT2D eigenvalue weighted by Crippen LogP contribution is 2.51. The van der Waals surface area contributed by atoms with Gasteiger partial charge in [0.1, 0.15) is 12.1 Å². The molecule has 2 atom stereocenters. The Hall–Kier alpha value is -2.89. The molecule has 0 spiro atoms. The molecule has 9 nitrogen and oxygen atoms in total. The number of carbonyl (C=O) groups excluding carboxylic acids is 4. The molecular formula is C25H30N4O5S2. The number of aliphatic hydroxyl groups is 1. The summed E-state index contributed by atoms with van der Waals surface area (Å²) in [6.45, 7) is 2.91. The van der Waals surface area contributed by atoms with Gasteiger partial charge in [-0.3, -0.25) is 19.3 Å². The van der Waals surface area contributed by atoms with Crippen molar-refractivity contribution in [1.82, 2.24) is 9.80 Å². The van der Waals surface area contributed by atoms with Crippen LogP contribution >= 0.6 is 23.1 Å². The van der Waals surface area contributed by atoms with Gasteiger partial charge < -0.3 is 21.1 Å². The van der Waals surface area contributed by atoms with E-state index in [1.165, 1.54) is 23.3 Å². The molecule has 0 saturated carbocycles. The average molecular weight is 531 g/mol. The first-order valence-electron chi connectivity index (χ1n) is 11.7. The lowest BCUT2D eigenvalue weighted by molar-refractivity contribution is -0.134. The third kappa shape index (κ3) is 4.74. The lowest BCUT2D eigenvalue weighted by atomic mass is 9.91. The number of nitrogens with one attached hydrogen (secondary N) is 1. The summed E-state index contributed by atoms with van der Waals surface area (Å²) in [4.78, 5) is 53.6. The number of urea groups is 1. The molecule has 2 aromatic rings. The molecule has 2 aliphatic rings. The van der Waals surface area contributed by atoms with Crippen LogP contribution in [-0.4, -0.2) is 69.6 Å². The van der Waals surface area contributed by atoms with E-state index in [1.54, 1.807) is 37.7 Å². The molecule has 3 heterocycles. The Labute approximate surface area is 218 Å². The van der Waals surface area contributed by atoms with Crippen LogP contribution in [0.25, 0.3) is 10.4 Å². The third-order valence-electron chi connectivity index (χ3n) is 6.84. The van der Waals surface area contributed by atoms with E-state index in [1.807, 2.05) is 24.3 Å². The fourth-order valence-electron chi connectivity index (χ4n) is 4.55. The summed E-state index contributed by atoms with van der Waals surface area (Å²) in [7, 11) is 1.54. The number of thioether (sulfide) groups is 1. The molecule has 2 saturated heterocycles. The summed E-state index contributed by atoms with van der Waals surface area (Å²) in [6.07, 6.45) is 0.897. The summed E-state index contributed by atoms with van der Waals surface area (Å²) in [5.74, 6) is -0.507. The van der Waals surface area contributed by atoms with Crippen molar-refractivity contribution in [3.05, 3.63) is 41.3 Å². The number of likely N-dealkylation sites (N-methyl/N-ethyl adjacent to an activating group) is 1. The summed E-state index contributed by atoms with van der Waals surface area (Å²) >= 11 is 3.06. The van der Waals surface area contributed by atoms with Gasteiger partial charge in [0.05, 0.1) is 10.9 Å². The fraction of sp³-hybridized carbons (Fsp3) is 0.440. The summed E-state index contributed by atoms with van der Waals surface area (Å²) in [5.41, 5.74) is 5.92. The number of amides is 5. The summed E-state index contributed by atoms with van der Waals surface area (Å²) in [6, 6.07) is 10.6. The van der Waals surface area contributed by atoms with Crippen LogP contribution in [0.3, 0.4) is 0 Å². The Kier molecular flexibility index (Phi) is 7.18. The molecule has 0 radical (unpaired) electrons. The minimum Gasteiger partial charge on any atom is -0.391 e. The topological polar surface area (TPSA) is 133 Å². The van der Waals surface area contributed by atoms with Crippen LogP contribution in [0.15, 0.2) is 36.4 Å². The Balaban J connectivity index is 1.51. The van der Waals surface area contributed by atoms with Gasteiger partial charge in [-0.1, -0.05) is 12.1 Å². The maximum atomic E-state index is 12.7. The van der Waals surface area contributed by atoms with Gasteiger partial charge in [-0.05, 0) is 62.3 Å². The maximum absolute atomic E-state index is 12.7. The number of primary amides is 1. The first-order chi connectivity index (χ1) is 17.0. The number of nitrogens with two attached hydrogens (primary N) is 1. The minimum absolute atomic E-state index is 0.0643. The van der Waals surface area contributed by atoms with Crippen molar-refractivity contribution in [3.63, 3.8) is 0 Å². The van der Waals surface area contributed by atoms with Crippen LogP contribution < -0.4 is 11.1 Å². The number of hydrogen-bond donors (Lipinski definition) is 3. The number of hydrogen-bond acceptors (Lipinski definition) is 7. The summed E-state index contributed by atoms with van der Waals surface area (Å²) < 4.78 is -0.755. The Morgan fingerprint density at radius 2 is 1.97 bits per heavy atom. The van der Waals surface area contributed by atoms with Gasteiger partial charge in [-0.25, -0.2) is 4.79 Å². The summed E-state index contributed by atoms with van der Waals surface area (Å²) in [5, 5.41) is 13.6. The zero-order valence-corrected chi connectivity index (χ0v) is 22.1. The largest absolute Gasteiger partial charge is 0.391 e. The third-order valence-corrected chi connectivity index (χ3v) is 9.92. The van der Waals surface area contributed by atoms with Crippen LogP contribution in [0, 0.1) is 0 Å². The van der Waals surface area contributed by atoms with E-state index in [0.29, 0.717) is 12.1 Å². The van der Waals surface area contributed by atoms with E-state index in [-0.39, 0.29) is 13.0 Å². The number of carbonyl (C=O) groups is 4. The van der Waals surface area contributed by atoms with Crippen molar-refractivity contribution in [2.75, 3.05) is 24.7 Å². The smallest absolute Gasteiger partial charge is 0.327 e. The second-order valence-corrected chi connectivity index (χ2v) is 12.1. The SMILES string of the molecule is CN1C(=O)N(CC(=O)Nc2cccc(-c3ccc([C@@]4(CC(N)=O)SCCCC4O)s3)c2)C(=O)C1(C)C. The molecule has 2 aliphatic heterocycles. The Morgan fingerprint density at radius 3 is 2.61 bits per heavy atom. The maximum Gasteiger partial charge on any atom is 0.327 e. The standard InChI is InChI=1S/C25H30N4O5S2/c1-24(2)22(33)29(23(34)28(24)3)14-21(32)27-16-7-4-6-15(12-16)17-9-10-19(36-17)25(13-20(26)31)18(30)8-5-11-35-25/h4,6-7,9-10,12,18,30H,5,8,11,13-14H2,1-3H3,(H2,26,31)(H,27,32)/t18?,25-/m0/s1. The molecular weight excluding hydrogens is 500 g/mol. The zero-order chi connectivity index (χ0) is 26.3. The molecule has 36 heavy (non-hydrogen) atoms. The van der Waals surface area contributed by atoms with Crippen LogP contribution in [0.4, 0.5) is 10.5 Å². The highest BCUT2D eigenvalue weighted by atomic mass is 32.2. The number of aliphatic hydroxyl groups excluding tert-OH is 1. The van der Waals surface area contributed by atoms with Gasteiger partial charge in [0.2, 0.25) is 11.8 Å². The second-order valence-electron chi connectivity index (χ2n) is 9.62. The molecule has 5 amide bonds. The number of nitrogens with zero attached hydrogens (tertiary/aromatic N) is 2. The predicted molar refractivity (Wildman–Crippen MR) is 141 cm³/mol. The van der Waals surface area contributed by atoms with Gasteiger partial charge >= 0.3 is 6.03 Å². The monoisotopic (exact) mass is 530 g/mol. The molecule has 1 aromatic heterocycles. The molecule has 192 valence electrons. The second kappa shape index (κ2) is 9.87. The van der Waals surface area contributed by atoms with E-state index < -0.39 is 40.1 Å². The van der Waals surface area contributed by atoms with Crippen molar-refractivity contribution in [1.29, 1.82) is 0 Å². The fourth-order valence-corrected chi connectivity index (χ4v) is 7.42. The minimum atomic E-state index is -0.996. The molecule has 4 N–H and O–H groups in total. The van der Waals surface area contributed by atoms with Gasteiger partial charge in [0, 0.05) is 28.9 Å². The number of rotatable bonds is 7. The number of thiophene rings is 1. The highest BCUT2D eigenvalue weighted by Gasteiger charge is 2.49. The van der Waals surface area contributed by atoms with Crippen LogP contribution in [-0.2, 0) is 19.1 Å². The van der Waals surface area contributed by atoms with Crippen LogP contribution in [0.5, 0.6) is 0 Å². The van der Waals surface area contributed by atoms with E-state index in [0.717, 1.165) is 32.4 Å². The highest BCUT2D eigenvalue weighted by molar-refractivity contribution is 8.00. The van der Waals surface area contributed by atoms with Gasteiger partial charge in [-0.2, -0.15) is 0 Å². The lowest BCUT2D eigenvalue weighted by Gasteiger charge is -2.39. The van der Waals surface area contributed by atoms with Crippen molar-refractivity contribution in [3.8, 4) is 10.4 Å². The van der Waals surface area contributed by atoms with E-state index in [4.69, 9.17) is 5.73 Å². The van der Waals surface area contributed by atoms with Crippen LogP contribution in [0.1, 0.15) is 38.0 Å². The Morgan fingerprint density at radius 1 is 1.22 bits per heavy atom. The van der Waals surface area contributed by atoms with Crippen molar-refractivity contribution < 1.29 is 24.3 Å². The molecule has 2 fully saturated rings. The number of anilines is 1. The molecule has 11 heteroatoms. The van der Waals surface area contributed by atoms with Gasteiger partial charge in [0.25, 0.3) is 5.91 Å². The van der Waals surface area contributed by atoms with Crippen molar-refractivity contribution in [2.24, 2.45) is 5.73 Å². The average Bonchev–Trinajstić information content (AvgIpc) is 3.37. The molecule has 4 rings (SSSR count). The van der Waals surface area contributed by atoms with E-state index in [9.17, 15) is 24.3 Å². The van der Waals surface area contributed by atoms with Gasteiger partial charge in [-0.15, -0.1) is 23.1 Å². The predicted octanol–water partition coefficient (Wildman–Crippen LogP) is 2.98. The van der Waals surface area contributed by atoms with Crippen molar-refractivity contribution >= 4 is 52.5 Å². The number of imide groups is 1. The van der Waals surface area contributed by atoms with E-state index >= 15 is 0 Å².